The van der Waals surface area contributed by atoms with E-state index in [0.29, 0.717) is 22.0 Å². The minimum atomic E-state index is -0.497. The molecule has 5 nitrogen and oxygen atoms in total. The number of methoxy groups -OCH3 is 2. The summed E-state index contributed by atoms with van der Waals surface area (Å²) in [5.74, 6) is 0.144. The molecule has 3 rings (SSSR count). The van der Waals surface area contributed by atoms with Crippen LogP contribution in [-0.4, -0.2) is 25.2 Å². The zero-order valence-electron chi connectivity index (χ0n) is 14.1. The number of ether oxygens (including phenoxy) is 2. The number of carbonyl (C=O) groups excluding carboxylic acids is 1. The minimum Gasteiger partial charge on any atom is -0.495 e. The zero-order valence-corrected chi connectivity index (χ0v) is 14.8. The van der Waals surface area contributed by atoms with E-state index >= 15 is 0 Å². The molecule has 3 aromatic rings. The van der Waals surface area contributed by atoms with E-state index in [4.69, 9.17) is 21.1 Å². The van der Waals surface area contributed by atoms with Gasteiger partial charge in [-0.15, -0.1) is 0 Å². The smallest absolute Gasteiger partial charge is 0.356 e. The summed E-state index contributed by atoms with van der Waals surface area (Å²) in [5.41, 5.74) is 3.41. The van der Waals surface area contributed by atoms with Crippen molar-refractivity contribution in [2.24, 2.45) is 0 Å². The van der Waals surface area contributed by atoms with E-state index in [0.717, 1.165) is 16.6 Å². The van der Waals surface area contributed by atoms with Gasteiger partial charge in [0.25, 0.3) is 0 Å². The Hall–Kier alpha value is -2.79. The van der Waals surface area contributed by atoms with E-state index in [1.54, 1.807) is 31.4 Å². The van der Waals surface area contributed by atoms with Crippen molar-refractivity contribution in [1.82, 2.24) is 4.98 Å². The molecule has 0 aliphatic carbocycles. The van der Waals surface area contributed by atoms with Gasteiger partial charge in [-0.2, -0.15) is 0 Å². The Morgan fingerprint density at radius 3 is 2.60 bits per heavy atom. The second-order valence-corrected chi connectivity index (χ2v) is 5.97. The number of rotatable bonds is 4. The maximum Gasteiger partial charge on any atom is 0.356 e. The SMILES string of the molecule is COC(=O)c1cc(Nc2cc(Cl)ccc2OC)c2cc(C)ccc2n1. The van der Waals surface area contributed by atoms with Crippen LogP contribution in [0.4, 0.5) is 11.4 Å². The van der Waals surface area contributed by atoms with Gasteiger partial charge in [0, 0.05) is 10.4 Å². The summed E-state index contributed by atoms with van der Waals surface area (Å²) >= 11 is 6.11. The summed E-state index contributed by atoms with van der Waals surface area (Å²) in [7, 11) is 2.92. The maximum absolute atomic E-state index is 11.9. The van der Waals surface area contributed by atoms with Crippen LogP contribution < -0.4 is 10.1 Å². The number of benzene rings is 2. The standard InChI is InChI=1S/C19H17ClN2O3/c1-11-4-6-14-13(8-11)15(10-17(21-14)19(23)25-3)22-16-9-12(20)5-7-18(16)24-2/h4-10H,1-3H3,(H,21,22). The second-order valence-electron chi connectivity index (χ2n) is 5.54. The van der Waals surface area contributed by atoms with Gasteiger partial charge < -0.3 is 14.8 Å². The molecular weight excluding hydrogens is 340 g/mol. The van der Waals surface area contributed by atoms with E-state index in [1.807, 2.05) is 25.1 Å². The highest BCUT2D eigenvalue weighted by Crippen LogP contribution is 2.33. The lowest BCUT2D eigenvalue weighted by Crippen LogP contribution is -2.06. The summed E-state index contributed by atoms with van der Waals surface area (Å²) in [6.45, 7) is 2.00. The Kier molecular flexibility index (Phi) is 4.76. The number of esters is 1. The van der Waals surface area contributed by atoms with Crippen LogP contribution in [0.2, 0.25) is 5.02 Å². The predicted molar refractivity (Wildman–Crippen MR) is 99.1 cm³/mol. The van der Waals surface area contributed by atoms with Crippen molar-refractivity contribution in [3.05, 3.63) is 58.7 Å². The highest BCUT2D eigenvalue weighted by molar-refractivity contribution is 6.31. The second kappa shape index (κ2) is 6.99. The Morgan fingerprint density at radius 1 is 1.08 bits per heavy atom. The number of nitrogens with one attached hydrogen (secondary N) is 1. The van der Waals surface area contributed by atoms with Crippen LogP contribution in [0.25, 0.3) is 10.9 Å². The highest BCUT2D eigenvalue weighted by Gasteiger charge is 2.14. The van der Waals surface area contributed by atoms with E-state index in [2.05, 4.69) is 10.3 Å². The predicted octanol–water partition coefficient (Wildman–Crippen LogP) is 4.74. The summed E-state index contributed by atoms with van der Waals surface area (Å²) in [6.07, 6.45) is 0. The van der Waals surface area contributed by atoms with Crippen LogP contribution >= 0.6 is 11.6 Å². The number of anilines is 2. The van der Waals surface area contributed by atoms with Crippen LogP contribution in [0.3, 0.4) is 0 Å². The lowest BCUT2D eigenvalue weighted by Gasteiger charge is -2.14. The Balaban J connectivity index is 2.18. The first-order valence-electron chi connectivity index (χ1n) is 7.62. The molecule has 0 radical (unpaired) electrons. The van der Waals surface area contributed by atoms with Crippen molar-refractivity contribution >= 4 is 39.8 Å². The number of pyridine rings is 1. The third-order valence-electron chi connectivity index (χ3n) is 3.79. The number of halogens is 1. The van der Waals surface area contributed by atoms with E-state index in [9.17, 15) is 4.79 Å². The number of aromatic nitrogens is 1. The molecule has 0 aliphatic heterocycles. The van der Waals surface area contributed by atoms with Crippen LogP contribution in [0.5, 0.6) is 5.75 Å². The average Bonchev–Trinajstić information content (AvgIpc) is 2.61. The number of hydrogen-bond donors (Lipinski definition) is 1. The molecule has 0 spiro atoms. The minimum absolute atomic E-state index is 0.224. The molecule has 1 N–H and O–H groups in total. The van der Waals surface area contributed by atoms with Gasteiger partial charge in [-0.1, -0.05) is 23.2 Å². The lowest BCUT2D eigenvalue weighted by atomic mass is 10.1. The molecule has 1 aromatic heterocycles. The summed E-state index contributed by atoms with van der Waals surface area (Å²) < 4.78 is 10.2. The van der Waals surface area contributed by atoms with Gasteiger partial charge in [0.15, 0.2) is 5.69 Å². The average molecular weight is 357 g/mol. The fourth-order valence-corrected chi connectivity index (χ4v) is 2.75. The van der Waals surface area contributed by atoms with Crippen molar-refractivity contribution in [3.63, 3.8) is 0 Å². The Labute approximate surface area is 150 Å². The van der Waals surface area contributed by atoms with Crippen LogP contribution in [-0.2, 0) is 4.74 Å². The number of aryl methyl sites for hydroxylation is 1. The third kappa shape index (κ3) is 3.51. The van der Waals surface area contributed by atoms with Crippen molar-refractivity contribution < 1.29 is 14.3 Å². The van der Waals surface area contributed by atoms with Gasteiger partial charge in [0.05, 0.1) is 31.1 Å². The van der Waals surface area contributed by atoms with Crippen molar-refractivity contribution in [2.45, 2.75) is 6.92 Å². The van der Waals surface area contributed by atoms with Gasteiger partial charge in [0.1, 0.15) is 5.75 Å². The summed E-state index contributed by atoms with van der Waals surface area (Å²) in [6, 6.07) is 12.8. The Bertz CT molecular complexity index is 957. The molecule has 2 aromatic carbocycles. The quantitative estimate of drug-likeness (QED) is 0.684. The van der Waals surface area contributed by atoms with Crippen molar-refractivity contribution in [3.8, 4) is 5.75 Å². The molecule has 128 valence electrons. The number of hydrogen-bond acceptors (Lipinski definition) is 5. The monoisotopic (exact) mass is 356 g/mol. The molecular formula is C19H17ClN2O3. The third-order valence-corrected chi connectivity index (χ3v) is 4.02. The lowest BCUT2D eigenvalue weighted by molar-refractivity contribution is 0.0594. The summed E-state index contributed by atoms with van der Waals surface area (Å²) in [5, 5.41) is 4.76. The molecule has 0 fully saturated rings. The fraction of sp³-hybridized carbons (Fsp3) is 0.158. The molecule has 1 heterocycles. The van der Waals surface area contributed by atoms with Crippen molar-refractivity contribution in [2.75, 3.05) is 19.5 Å². The topological polar surface area (TPSA) is 60.5 Å². The van der Waals surface area contributed by atoms with Gasteiger partial charge in [-0.05, 0) is 43.3 Å². The molecule has 25 heavy (non-hydrogen) atoms. The van der Waals surface area contributed by atoms with E-state index < -0.39 is 5.97 Å². The number of carbonyl (C=O) groups is 1. The zero-order chi connectivity index (χ0) is 18.0. The molecule has 6 heteroatoms. The molecule has 0 aliphatic rings. The number of nitrogens with zero attached hydrogens (tertiary/aromatic N) is 1. The molecule has 0 saturated heterocycles. The molecule has 0 saturated carbocycles. The van der Waals surface area contributed by atoms with Gasteiger partial charge >= 0.3 is 5.97 Å². The van der Waals surface area contributed by atoms with Gasteiger partial charge in [-0.3, -0.25) is 0 Å². The Morgan fingerprint density at radius 2 is 1.88 bits per heavy atom. The molecule has 0 atom stereocenters. The number of fused-ring (bicyclic) bond motifs is 1. The van der Waals surface area contributed by atoms with Crippen LogP contribution in [0, 0.1) is 6.92 Å². The van der Waals surface area contributed by atoms with E-state index in [1.165, 1.54) is 7.11 Å². The molecule has 0 amide bonds. The first kappa shape index (κ1) is 17.0. The maximum atomic E-state index is 11.9. The van der Waals surface area contributed by atoms with Crippen molar-refractivity contribution in [1.29, 1.82) is 0 Å². The fourth-order valence-electron chi connectivity index (χ4n) is 2.58. The molecule has 0 bridgehead atoms. The normalized spacial score (nSPS) is 10.6. The van der Waals surface area contributed by atoms with E-state index in [-0.39, 0.29) is 5.69 Å². The molecule has 0 unspecified atom stereocenters. The van der Waals surface area contributed by atoms with Crippen LogP contribution in [0.1, 0.15) is 16.1 Å². The first-order valence-corrected chi connectivity index (χ1v) is 8.00. The largest absolute Gasteiger partial charge is 0.495 e. The highest BCUT2D eigenvalue weighted by atomic mass is 35.5. The summed E-state index contributed by atoms with van der Waals surface area (Å²) in [4.78, 5) is 16.3. The van der Waals surface area contributed by atoms with Gasteiger partial charge in [0.2, 0.25) is 0 Å². The first-order chi connectivity index (χ1) is 12.0. The van der Waals surface area contributed by atoms with Gasteiger partial charge in [-0.25, -0.2) is 9.78 Å². The van der Waals surface area contributed by atoms with Crippen LogP contribution in [0.15, 0.2) is 42.5 Å².